The first-order chi connectivity index (χ1) is 11.1. The lowest BCUT2D eigenvalue weighted by Crippen LogP contribution is -2.43. The van der Waals surface area contributed by atoms with E-state index in [1.54, 1.807) is 0 Å². The molecule has 0 heterocycles. The van der Waals surface area contributed by atoms with Gasteiger partial charge in [-0.15, -0.1) is 0 Å². The van der Waals surface area contributed by atoms with Gasteiger partial charge in [0.1, 0.15) is 0 Å². The minimum absolute atomic E-state index is 0.0832. The van der Waals surface area contributed by atoms with Crippen LogP contribution in [-0.4, -0.2) is 21.6 Å². The number of aliphatic hydroxyl groups excluding tert-OH is 1. The number of fused-ring (bicyclic) bond motifs is 3. The van der Waals surface area contributed by atoms with Crippen molar-refractivity contribution < 1.29 is 20.1 Å². The number of benzene rings is 1. The van der Waals surface area contributed by atoms with E-state index >= 15 is 0 Å². The van der Waals surface area contributed by atoms with Crippen LogP contribution in [0.2, 0.25) is 0 Å². The van der Waals surface area contributed by atoms with Crippen molar-refractivity contribution in [3.8, 4) is 11.5 Å². The molecule has 1 fully saturated rings. The Morgan fingerprint density at radius 3 is 2.29 bits per heavy atom. The molecule has 0 aromatic heterocycles. The highest BCUT2D eigenvalue weighted by Gasteiger charge is 2.59. The number of hydrogen-bond acceptors (Lipinski definition) is 4. The Balaban J connectivity index is 2.40. The van der Waals surface area contributed by atoms with Gasteiger partial charge in [0.05, 0.1) is 6.10 Å². The third-order valence-corrected chi connectivity index (χ3v) is 6.49. The van der Waals surface area contributed by atoms with Crippen molar-refractivity contribution in [2.45, 2.75) is 71.3 Å². The second kappa shape index (κ2) is 5.22. The Hall–Kier alpha value is -1.55. The Morgan fingerprint density at radius 2 is 1.75 bits per heavy atom. The number of aliphatic hydroxyl groups is 1. The summed E-state index contributed by atoms with van der Waals surface area (Å²) in [4.78, 5) is 11.9. The second-order valence-corrected chi connectivity index (χ2v) is 8.77. The molecule has 4 nitrogen and oxygen atoms in total. The lowest BCUT2D eigenvalue weighted by molar-refractivity contribution is -0.0276. The fraction of sp³-hybridized carbons (Fsp3) is 0.650. The quantitative estimate of drug-likeness (QED) is 0.561. The average molecular weight is 332 g/mol. The zero-order valence-corrected chi connectivity index (χ0v) is 15.2. The van der Waals surface area contributed by atoms with Gasteiger partial charge in [0.15, 0.2) is 17.8 Å². The molecule has 24 heavy (non-hydrogen) atoms. The van der Waals surface area contributed by atoms with Crippen molar-refractivity contribution >= 4 is 6.29 Å². The summed E-state index contributed by atoms with van der Waals surface area (Å²) >= 11 is 0. The van der Waals surface area contributed by atoms with Crippen LogP contribution in [0, 0.1) is 11.3 Å². The summed E-state index contributed by atoms with van der Waals surface area (Å²) in [6.07, 6.45) is 2.75. The summed E-state index contributed by atoms with van der Waals surface area (Å²) in [5, 5.41) is 32.5. The standard InChI is InChI=1S/C20H28O4/c1-10(2)12-11(9-21)13-14(17(24)15(12)22)20(5)8-6-7-19(3,4)18(20)16(13)23/h9-10,16,18,22-24H,6-8H2,1-5H3/t16-,18-,20+/m0/s1. The van der Waals surface area contributed by atoms with Crippen molar-refractivity contribution in [1.82, 2.24) is 0 Å². The maximum Gasteiger partial charge on any atom is 0.162 e. The summed E-state index contributed by atoms with van der Waals surface area (Å²) in [7, 11) is 0. The summed E-state index contributed by atoms with van der Waals surface area (Å²) in [5.74, 6) is -0.568. The van der Waals surface area contributed by atoms with Gasteiger partial charge in [-0.3, -0.25) is 4.79 Å². The zero-order valence-electron chi connectivity index (χ0n) is 15.2. The van der Waals surface area contributed by atoms with E-state index in [-0.39, 0.29) is 28.7 Å². The molecule has 0 aliphatic heterocycles. The van der Waals surface area contributed by atoms with E-state index in [2.05, 4.69) is 20.8 Å². The predicted molar refractivity (Wildman–Crippen MR) is 92.7 cm³/mol. The fourth-order valence-corrected chi connectivity index (χ4v) is 5.69. The lowest BCUT2D eigenvalue weighted by atomic mass is 9.56. The number of aromatic hydroxyl groups is 2. The molecule has 1 saturated carbocycles. The monoisotopic (exact) mass is 332 g/mol. The average Bonchev–Trinajstić information content (AvgIpc) is 2.71. The third-order valence-electron chi connectivity index (χ3n) is 6.49. The van der Waals surface area contributed by atoms with Crippen LogP contribution in [0.3, 0.4) is 0 Å². The first kappa shape index (κ1) is 17.3. The van der Waals surface area contributed by atoms with Crippen molar-refractivity contribution in [3.05, 3.63) is 22.3 Å². The lowest BCUT2D eigenvalue weighted by Gasteiger charge is -2.48. The molecule has 3 atom stereocenters. The smallest absolute Gasteiger partial charge is 0.162 e. The maximum atomic E-state index is 11.9. The van der Waals surface area contributed by atoms with E-state index in [9.17, 15) is 20.1 Å². The maximum absolute atomic E-state index is 11.9. The molecule has 0 spiro atoms. The van der Waals surface area contributed by atoms with Crippen LogP contribution in [0.4, 0.5) is 0 Å². The number of carbonyl (C=O) groups excluding carboxylic acids is 1. The molecular formula is C20H28O4. The highest BCUT2D eigenvalue weighted by atomic mass is 16.3. The van der Waals surface area contributed by atoms with E-state index in [0.717, 1.165) is 25.5 Å². The molecule has 4 heteroatoms. The number of phenols is 2. The summed E-state index contributed by atoms with van der Waals surface area (Å²) < 4.78 is 0. The number of aldehydes is 1. The first-order valence-electron chi connectivity index (χ1n) is 8.83. The first-order valence-corrected chi connectivity index (χ1v) is 8.83. The molecule has 0 saturated heterocycles. The normalized spacial score (nSPS) is 31.0. The third kappa shape index (κ3) is 1.98. The molecule has 1 aromatic carbocycles. The summed E-state index contributed by atoms with van der Waals surface area (Å²) in [6, 6.07) is 0. The molecule has 2 aliphatic carbocycles. The number of rotatable bonds is 2. The van der Waals surface area contributed by atoms with Crippen molar-refractivity contribution in [2.24, 2.45) is 11.3 Å². The highest BCUT2D eigenvalue weighted by molar-refractivity contribution is 5.86. The van der Waals surface area contributed by atoms with Crippen LogP contribution in [0.5, 0.6) is 11.5 Å². The number of hydrogen-bond donors (Lipinski definition) is 3. The van der Waals surface area contributed by atoms with Gasteiger partial charge in [-0.1, -0.05) is 41.0 Å². The molecular weight excluding hydrogens is 304 g/mol. The SMILES string of the molecule is CC(C)c1c(O)c(O)c2c(c1C=O)[C@H](O)[C@H]1C(C)(C)CCC[C@]21C. The molecule has 132 valence electrons. The topological polar surface area (TPSA) is 77.8 Å². The largest absolute Gasteiger partial charge is 0.504 e. The van der Waals surface area contributed by atoms with Crippen LogP contribution < -0.4 is 0 Å². The van der Waals surface area contributed by atoms with Crippen LogP contribution in [-0.2, 0) is 5.41 Å². The molecule has 3 rings (SSSR count). The molecule has 2 aliphatic rings. The van der Waals surface area contributed by atoms with Gasteiger partial charge in [0.25, 0.3) is 0 Å². The Bertz CT molecular complexity index is 704. The van der Waals surface area contributed by atoms with Crippen molar-refractivity contribution in [2.75, 3.05) is 0 Å². The van der Waals surface area contributed by atoms with Gasteiger partial charge >= 0.3 is 0 Å². The van der Waals surface area contributed by atoms with Crippen LogP contribution >= 0.6 is 0 Å². The van der Waals surface area contributed by atoms with Crippen LogP contribution in [0.25, 0.3) is 0 Å². The molecule has 1 aromatic rings. The highest BCUT2D eigenvalue weighted by Crippen LogP contribution is 2.66. The van der Waals surface area contributed by atoms with E-state index in [0.29, 0.717) is 22.3 Å². The van der Waals surface area contributed by atoms with Gasteiger partial charge in [0, 0.05) is 28.0 Å². The molecule has 0 bridgehead atoms. The molecule has 0 unspecified atom stereocenters. The predicted octanol–water partition coefficient (Wildman–Crippen LogP) is 4.16. The fourth-order valence-electron chi connectivity index (χ4n) is 5.69. The minimum Gasteiger partial charge on any atom is -0.504 e. The Labute approximate surface area is 143 Å². The van der Waals surface area contributed by atoms with Gasteiger partial charge in [-0.25, -0.2) is 0 Å². The van der Waals surface area contributed by atoms with Crippen LogP contribution in [0.1, 0.15) is 93.0 Å². The molecule has 3 N–H and O–H groups in total. The van der Waals surface area contributed by atoms with Gasteiger partial charge in [0.2, 0.25) is 0 Å². The number of carbonyl (C=O) groups is 1. The number of phenolic OH excluding ortho intramolecular Hbond substituents is 2. The van der Waals surface area contributed by atoms with E-state index in [1.165, 1.54) is 0 Å². The second-order valence-electron chi connectivity index (χ2n) is 8.77. The zero-order chi connectivity index (χ0) is 18.0. The minimum atomic E-state index is -0.801. The van der Waals surface area contributed by atoms with E-state index < -0.39 is 11.5 Å². The van der Waals surface area contributed by atoms with Crippen molar-refractivity contribution in [1.29, 1.82) is 0 Å². The van der Waals surface area contributed by atoms with E-state index in [4.69, 9.17) is 0 Å². The molecule has 0 amide bonds. The Kier molecular flexibility index (Phi) is 3.76. The van der Waals surface area contributed by atoms with Crippen LogP contribution in [0.15, 0.2) is 0 Å². The molecule has 0 radical (unpaired) electrons. The van der Waals surface area contributed by atoms with Crippen molar-refractivity contribution in [3.63, 3.8) is 0 Å². The van der Waals surface area contributed by atoms with Gasteiger partial charge in [-0.05, 0) is 29.7 Å². The Morgan fingerprint density at radius 1 is 1.12 bits per heavy atom. The summed E-state index contributed by atoms with van der Waals surface area (Å²) in [6.45, 7) is 10.1. The summed E-state index contributed by atoms with van der Waals surface area (Å²) in [5.41, 5.74) is 1.36. The van der Waals surface area contributed by atoms with E-state index in [1.807, 2.05) is 13.8 Å². The van der Waals surface area contributed by atoms with Gasteiger partial charge < -0.3 is 15.3 Å². The van der Waals surface area contributed by atoms with Gasteiger partial charge in [-0.2, -0.15) is 0 Å².